The molecular weight excluding hydrogens is 328 g/mol. The molecule has 3 nitrogen and oxygen atoms in total. The molecule has 1 saturated heterocycles. The Morgan fingerprint density at radius 3 is 2.76 bits per heavy atom. The highest BCUT2D eigenvalue weighted by Gasteiger charge is 2.36. The predicted octanol–water partition coefficient (Wildman–Crippen LogP) is 4.13. The molecule has 2 N–H and O–H groups in total. The van der Waals surface area contributed by atoms with E-state index in [1.165, 1.54) is 32.1 Å². The molecule has 1 aliphatic heterocycles. The molecule has 1 saturated carbocycles. The van der Waals surface area contributed by atoms with Crippen LogP contribution < -0.4 is 5.73 Å². The molecule has 3 rings (SSSR count). The number of carbonyl (C=O) groups excluding carboxylic acids is 1. The lowest BCUT2D eigenvalue weighted by molar-refractivity contribution is 0.0390. The SMILES string of the molecule is Cc1c(N)cc(Br)cc1C(=O)N1CCC[C@H]2CCCC[C@H]21. The Morgan fingerprint density at radius 1 is 1.24 bits per heavy atom. The number of nitrogen functional groups attached to an aromatic ring is 1. The van der Waals surface area contributed by atoms with Crippen LogP contribution in [-0.4, -0.2) is 23.4 Å². The summed E-state index contributed by atoms with van der Waals surface area (Å²) >= 11 is 3.46. The molecule has 21 heavy (non-hydrogen) atoms. The molecule has 2 atom stereocenters. The van der Waals surface area contributed by atoms with Gasteiger partial charge >= 0.3 is 0 Å². The van der Waals surface area contributed by atoms with Gasteiger partial charge in [0.25, 0.3) is 5.91 Å². The average Bonchev–Trinajstić information content (AvgIpc) is 2.49. The van der Waals surface area contributed by atoms with Crippen molar-refractivity contribution in [2.24, 2.45) is 5.92 Å². The van der Waals surface area contributed by atoms with Gasteiger partial charge in [0.15, 0.2) is 0 Å². The highest BCUT2D eigenvalue weighted by Crippen LogP contribution is 2.36. The van der Waals surface area contributed by atoms with E-state index in [-0.39, 0.29) is 5.91 Å². The quantitative estimate of drug-likeness (QED) is 0.773. The molecule has 2 fully saturated rings. The van der Waals surface area contributed by atoms with E-state index in [0.29, 0.717) is 17.6 Å². The zero-order chi connectivity index (χ0) is 15.0. The number of nitrogens with two attached hydrogens (primary N) is 1. The van der Waals surface area contributed by atoms with Gasteiger partial charge in [0.05, 0.1) is 0 Å². The molecular formula is C17H23BrN2O. The lowest BCUT2D eigenvalue weighted by Crippen LogP contribution is -2.49. The molecule has 0 bridgehead atoms. The van der Waals surface area contributed by atoms with Gasteiger partial charge in [-0.25, -0.2) is 0 Å². The summed E-state index contributed by atoms with van der Waals surface area (Å²) in [6.07, 6.45) is 7.45. The summed E-state index contributed by atoms with van der Waals surface area (Å²) in [5.41, 5.74) is 8.37. The Balaban J connectivity index is 1.90. The number of amides is 1. The van der Waals surface area contributed by atoms with Crippen molar-refractivity contribution in [3.8, 4) is 0 Å². The van der Waals surface area contributed by atoms with Gasteiger partial charge in [0.2, 0.25) is 0 Å². The second kappa shape index (κ2) is 5.99. The zero-order valence-corrected chi connectivity index (χ0v) is 14.2. The van der Waals surface area contributed by atoms with Crippen LogP contribution in [0.4, 0.5) is 5.69 Å². The van der Waals surface area contributed by atoms with Gasteiger partial charge in [-0.1, -0.05) is 28.8 Å². The fourth-order valence-electron chi connectivity index (χ4n) is 3.95. The minimum Gasteiger partial charge on any atom is -0.398 e. The Bertz CT molecular complexity index is 556. The van der Waals surface area contributed by atoms with Gasteiger partial charge in [0, 0.05) is 28.3 Å². The standard InChI is InChI=1S/C17H23BrN2O/c1-11-14(9-13(18)10-15(11)19)17(21)20-8-4-6-12-5-2-3-7-16(12)20/h9-10,12,16H,2-8,19H2,1H3/t12-,16-/m1/s1. The molecule has 2 aliphatic rings. The first kappa shape index (κ1) is 14.9. The third-order valence-electron chi connectivity index (χ3n) is 5.15. The number of fused-ring (bicyclic) bond motifs is 1. The monoisotopic (exact) mass is 350 g/mol. The van der Waals surface area contributed by atoms with Crippen molar-refractivity contribution in [2.45, 2.75) is 51.5 Å². The fourth-order valence-corrected chi connectivity index (χ4v) is 4.43. The summed E-state index contributed by atoms with van der Waals surface area (Å²) in [7, 11) is 0. The number of rotatable bonds is 1. The van der Waals surface area contributed by atoms with E-state index in [1.54, 1.807) is 0 Å². The van der Waals surface area contributed by atoms with Gasteiger partial charge in [-0.15, -0.1) is 0 Å². The third-order valence-corrected chi connectivity index (χ3v) is 5.60. The van der Waals surface area contributed by atoms with Gasteiger partial charge in [0.1, 0.15) is 0 Å². The Hall–Kier alpha value is -1.03. The van der Waals surface area contributed by atoms with Crippen molar-refractivity contribution >= 4 is 27.5 Å². The number of carbonyl (C=O) groups is 1. The van der Waals surface area contributed by atoms with E-state index in [2.05, 4.69) is 20.8 Å². The smallest absolute Gasteiger partial charge is 0.254 e. The zero-order valence-electron chi connectivity index (χ0n) is 12.6. The molecule has 1 aromatic rings. The maximum atomic E-state index is 13.0. The number of halogens is 1. The summed E-state index contributed by atoms with van der Waals surface area (Å²) in [6.45, 7) is 2.84. The second-order valence-electron chi connectivity index (χ2n) is 6.42. The first-order chi connectivity index (χ1) is 10.1. The lowest BCUT2D eigenvalue weighted by Gasteiger charge is -2.44. The van der Waals surface area contributed by atoms with Crippen LogP contribution in [0.15, 0.2) is 16.6 Å². The number of hydrogen-bond acceptors (Lipinski definition) is 2. The topological polar surface area (TPSA) is 46.3 Å². The van der Waals surface area contributed by atoms with Crippen molar-refractivity contribution in [2.75, 3.05) is 12.3 Å². The predicted molar refractivity (Wildman–Crippen MR) is 89.3 cm³/mol. The van der Waals surface area contributed by atoms with E-state index in [4.69, 9.17) is 5.73 Å². The van der Waals surface area contributed by atoms with Gasteiger partial charge in [-0.2, -0.15) is 0 Å². The van der Waals surface area contributed by atoms with Crippen LogP contribution in [0.25, 0.3) is 0 Å². The molecule has 1 aromatic carbocycles. The second-order valence-corrected chi connectivity index (χ2v) is 7.34. The van der Waals surface area contributed by atoms with Gasteiger partial charge < -0.3 is 10.6 Å². The summed E-state index contributed by atoms with van der Waals surface area (Å²) < 4.78 is 0.881. The van der Waals surface area contributed by atoms with E-state index < -0.39 is 0 Å². The Kier molecular flexibility index (Phi) is 4.25. The molecule has 1 aliphatic carbocycles. The molecule has 1 amide bonds. The minimum atomic E-state index is 0.164. The van der Waals surface area contributed by atoms with Crippen molar-refractivity contribution in [1.82, 2.24) is 4.90 Å². The number of piperidine rings is 1. The molecule has 0 aromatic heterocycles. The van der Waals surface area contributed by atoms with E-state index in [0.717, 1.165) is 28.6 Å². The Morgan fingerprint density at radius 2 is 1.95 bits per heavy atom. The molecule has 0 unspecified atom stereocenters. The molecule has 4 heteroatoms. The van der Waals surface area contributed by atoms with Crippen LogP contribution in [0, 0.1) is 12.8 Å². The van der Waals surface area contributed by atoms with Crippen molar-refractivity contribution < 1.29 is 4.79 Å². The Labute approximate surface area is 135 Å². The highest BCUT2D eigenvalue weighted by atomic mass is 79.9. The summed E-state index contributed by atoms with van der Waals surface area (Å²) in [5.74, 6) is 0.873. The first-order valence-electron chi connectivity index (χ1n) is 7.94. The number of benzene rings is 1. The molecule has 114 valence electrons. The molecule has 0 radical (unpaired) electrons. The third kappa shape index (κ3) is 2.83. The van der Waals surface area contributed by atoms with Crippen LogP contribution in [0.1, 0.15) is 54.4 Å². The minimum absolute atomic E-state index is 0.164. The summed E-state index contributed by atoms with van der Waals surface area (Å²) in [5, 5.41) is 0. The largest absolute Gasteiger partial charge is 0.398 e. The van der Waals surface area contributed by atoms with E-state index in [1.807, 2.05) is 19.1 Å². The van der Waals surface area contributed by atoms with Crippen molar-refractivity contribution in [3.63, 3.8) is 0 Å². The lowest BCUT2D eigenvalue weighted by atomic mass is 9.78. The van der Waals surface area contributed by atoms with E-state index in [9.17, 15) is 4.79 Å². The maximum absolute atomic E-state index is 13.0. The first-order valence-corrected chi connectivity index (χ1v) is 8.74. The van der Waals surface area contributed by atoms with Crippen LogP contribution in [0.2, 0.25) is 0 Å². The number of hydrogen-bond donors (Lipinski definition) is 1. The average molecular weight is 351 g/mol. The van der Waals surface area contributed by atoms with Crippen molar-refractivity contribution in [1.29, 1.82) is 0 Å². The maximum Gasteiger partial charge on any atom is 0.254 e. The van der Waals surface area contributed by atoms with Crippen LogP contribution in [0.5, 0.6) is 0 Å². The van der Waals surface area contributed by atoms with Crippen LogP contribution in [-0.2, 0) is 0 Å². The molecule has 0 spiro atoms. The number of likely N-dealkylation sites (tertiary alicyclic amines) is 1. The van der Waals surface area contributed by atoms with Crippen molar-refractivity contribution in [3.05, 3.63) is 27.7 Å². The normalized spacial score (nSPS) is 25.5. The number of nitrogens with zero attached hydrogens (tertiary/aromatic N) is 1. The van der Waals surface area contributed by atoms with Gasteiger partial charge in [-0.05, 0) is 56.2 Å². The van der Waals surface area contributed by atoms with E-state index >= 15 is 0 Å². The fraction of sp³-hybridized carbons (Fsp3) is 0.588. The summed E-state index contributed by atoms with van der Waals surface area (Å²) in [6, 6.07) is 4.23. The van der Waals surface area contributed by atoms with Crippen LogP contribution >= 0.6 is 15.9 Å². The molecule has 1 heterocycles. The highest BCUT2D eigenvalue weighted by molar-refractivity contribution is 9.10. The van der Waals surface area contributed by atoms with Crippen LogP contribution in [0.3, 0.4) is 0 Å². The summed E-state index contributed by atoms with van der Waals surface area (Å²) in [4.78, 5) is 15.2. The van der Waals surface area contributed by atoms with Gasteiger partial charge in [-0.3, -0.25) is 4.79 Å². The number of anilines is 1.